The summed E-state index contributed by atoms with van der Waals surface area (Å²) in [6.45, 7) is 7.38. The Morgan fingerprint density at radius 1 is 1.35 bits per heavy atom. The molecule has 116 valence electrons. The van der Waals surface area contributed by atoms with Gasteiger partial charge in [-0.25, -0.2) is 0 Å². The van der Waals surface area contributed by atoms with Crippen LogP contribution in [-0.2, 0) is 9.59 Å². The Bertz CT molecular complexity index is 336. The molecule has 0 spiro atoms. The van der Waals surface area contributed by atoms with Gasteiger partial charge in [0.1, 0.15) is 0 Å². The first-order chi connectivity index (χ1) is 9.33. The van der Waals surface area contributed by atoms with Crippen molar-refractivity contribution in [3.05, 3.63) is 0 Å². The lowest BCUT2D eigenvalue weighted by Gasteiger charge is -2.34. The zero-order valence-corrected chi connectivity index (χ0v) is 12.9. The van der Waals surface area contributed by atoms with E-state index in [-0.39, 0.29) is 18.2 Å². The van der Waals surface area contributed by atoms with E-state index >= 15 is 0 Å². The maximum absolute atomic E-state index is 12.3. The van der Waals surface area contributed by atoms with Crippen molar-refractivity contribution in [1.82, 2.24) is 10.6 Å². The molecule has 0 aliphatic carbocycles. The summed E-state index contributed by atoms with van der Waals surface area (Å²) < 4.78 is 0. The molecule has 1 amide bonds. The molecule has 1 saturated heterocycles. The van der Waals surface area contributed by atoms with Gasteiger partial charge in [-0.05, 0) is 51.0 Å². The Kier molecular flexibility index (Phi) is 6.46. The van der Waals surface area contributed by atoms with Crippen LogP contribution in [0.2, 0.25) is 0 Å². The molecule has 1 fully saturated rings. The van der Waals surface area contributed by atoms with E-state index in [0.717, 1.165) is 32.2 Å². The Morgan fingerprint density at radius 2 is 2.05 bits per heavy atom. The number of hydrogen-bond acceptors (Lipinski definition) is 3. The van der Waals surface area contributed by atoms with Gasteiger partial charge in [-0.15, -0.1) is 0 Å². The molecule has 0 aromatic rings. The highest BCUT2D eigenvalue weighted by Gasteiger charge is 2.34. The number of hydrogen-bond donors (Lipinski definition) is 3. The molecule has 0 radical (unpaired) electrons. The molecule has 1 rings (SSSR count). The molecule has 3 N–H and O–H groups in total. The van der Waals surface area contributed by atoms with E-state index in [1.165, 1.54) is 0 Å². The van der Waals surface area contributed by atoms with Gasteiger partial charge in [0.15, 0.2) is 0 Å². The van der Waals surface area contributed by atoms with Crippen LogP contribution in [0.3, 0.4) is 0 Å². The standard InChI is InChI=1S/C15H28N2O3/c1-11(2)8-12(9-13(18)19)10-16-14(20)15(3)6-4-5-7-17-15/h11-12,17H,4-10H2,1-3H3,(H,16,20)(H,18,19)/t12-,15?/m0/s1. The quantitative estimate of drug-likeness (QED) is 0.666. The van der Waals surface area contributed by atoms with Gasteiger partial charge in [-0.2, -0.15) is 0 Å². The number of carbonyl (C=O) groups is 2. The molecular formula is C15H28N2O3. The average Bonchev–Trinajstić information content (AvgIpc) is 2.35. The third-order valence-corrected chi connectivity index (χ3v) is 3.94. The lowest BCUT2D eigenvalue weighted by atomic mass is 9.89. The van der Waals surface area contributed by atoms with E-state index in [2.05, 4.69) is 24.5 Å². The van der Waals surface area contributed by atoms with Gasteiger partial charge in [0.05, 0.1) is 5.54 Å². The van der Waals surface area contributed by atoms with Crippen molar-refractivity contribution in [2.45, 2.75) is 58.4 Å². The highest BCUT2D eigenvalue weighted by atomic mass is 16.4. The minimum absolute atomic E-state index is 0.00337. The van der Waals surface area contributed by atoms with E-state index < -0.39 is 11.5 Å². The fraction of sp³-hybridized carbons (Fsp3) is 0.867. The fourth-order valence-corrected chi connectivity index (χ4v) is 2.83. The normalized spacial score (nSPS) is 24.4. The van der Waals surface area contributed by atoms with Crippen molar-refractivity contribution in [2.75, 3.05) is 13.1 Å². The van der Waals surface area contributed by atoms with Gasteiger partial charge in [0.2, 0.25) is 5.91 Å². The van der Waals surface area contributed by atoms with Crippen LogP contribution < -0.4 is 10.6 Å². The molecule has 1 heterocycles. The van der Waals surface area contributed by atoms with Crippen LogP contribution in [0, 0.1) is 11.8 Å². The van der Waals surface area contributed by atoms with Crippen molar-refractivity contribution < 1.29 is 14.7 Å². The summed E-state index contributed by atoms with van der Waals surface area (Å²) in [6, 6.07) is 0. The maximum atomic E-state index is 12.3. The van der Waals surface area contributed by atoms with Gasteiger partial charge >= 0.3 is 5.97 Å². The van der Waals surface area contributed by atoms with Crippen LogP contribution in [0.4, 0.5) is 0 Å². The molecule has 0 aromatic carbocycles. The molecule has 5 nitrogen and oxygen atoms in total. The number of carbonyl (C=O) groups excluding carboxylic acids is 1. The van der Waals surface area contributed by atoms with Gasteiger partial charge < -0.3 is 15.7 Å². The van der Waals surface area contributed by atoms with E-state index in [9.17, 15) is 9.59 Å². The Morgan fingerprint density at radius 3 is 2.55 bits per heavy atom. The number of piperidine rings is 1. The number of nitrogens with one attached hydrogen (secondary N) is 2. The minimum atomic E-state index is -0.799. The number of carboxylic acids is 1. The summed E-state index contributed by atoms with van der Waals surface area (Å²) in [4.78, 5) is 23.2. The number of carboxylic acid groups (broad SMARTS) is 1. The third kappa shape index (κ3) is 5.49. The molecular weight excluding hydrogens is 256 g/mol. The Hall–Kier alpha value is -1.10. The lowest BCUT2D eigenvalue weighted by Crippen LogP contribution is -2.57. The van der Waals surface area contributed by atoms with Crippen molar-refractivity contribution in [3.8, 4) is 0 Å². The van der Waals surface area contributed by atoms with Crippen LogP contribution >= 0.6 is 0 Å². The molecule has 2 atom stereocenters. The van der Waals surface area contributed by atoms with Gasteiger partial charge in [-0.1, -0.05) is 13.8 Å². The second-order valence-corrected chi connectivity index (χ2v) is 6.52. The number of amides is 1. The van der Waals surface area contributed by atoms with Crippen molar-refractivity contribution in [3.63, 3.8) is 0 Å². The highest BCUT2D eigenvalue weighted by molar-refractivity contribution is 5.86. The molecule has 1 aliphatic rings. The highest BCUT2D eigenvalue weighted by Crippen LogP contribution is 2.20. The minimum Gasteiger partial charge on any atom is -0.481 e. The smallest absolute Gasteiger partial charge is 0.303 e. The SMILES string of the molecule is CC(C)C[C@H](CNC(=O)C1(C)CCCCN1)CC(=O)O. The second-order valence-electron chi connectivity index (χ2n) is 6.52. The summed E-state index contributed by atoms with van der Waals surface area (Å²) in [5.41, 5.74) is -0.496. The van der Waals surface area contributed by atoms with Crippen molar-refractivity contribution >= 4 is 11.9 Å². The zero-order valence-electron chi connectivity index (χ0n) is 12.9. The summed E-state index contributed by atoms with van der Waals surface area (Å²) in [7, 11) is 0. The predicted molar refractivity (Wildman–Crippen MR) is 78.5 cm³/mol. The Balaban J connectivity index is 2.48. The van der Waals surface area contributed by atoms with E-state index in [0.29, 0.717) is 12.5 Å². The number of aliphatic carboxylic acids is 1. The second kappa shape index (κ2) is 7.62. The first-order valence-corrected chi connectivity index (χ1v) is 7.58. The van der Waals surface area contributed by atoms with Crippen LogP contribution in [0.5, 0.6) is 0 Å². The largest absolute Gasteiger partial charge is 0.481 e. The van der Waals surface area contributed by atoms with Crippen LogP contribution in [0.25, 0.3) is 0 Å². The van der Waals surface area contributed by atoms with Crippen LogP contribution in [-0.4, -0.2) is 35.6 Å². The lowest BCUT2D eigenvalue weighted by molar-refractivity contribution is -0.138. The fourth-order valence-electron chi connectivity index (χ4n) is 2.83. The molecule has 0 aromatic heterocycles. The molecule has 1 unspecified atom stereocenters. The summed E-state index contributed by atoms with van der Waals surface area (Å²) >= 11 is 0. The topological polar surface area (TPSA) is 78.4 Å². The van der Waals surface area contributed by atoms with Crippen molar-refractivity contribution in [2.24, 2.45) is 11.8 Å². The monoisotopic (exact) mass is 284 g/mol. The summed E-state index contributed by atoms with van der Waals surface area (Å²) in [6.07, 6.45) is 3.94. The zero-order chi connectivity index (χ0) is 15.2. The predicted octanol–water partition coefficient (Wildman–Crippen LogP) is 1.77. The maximum Gasteiger partial charge on any atom is 0.303 e. The molecule has 5 heteroatoms. The molecule has 1 aliphatic heterocycles. The van der Waals surface area contributed by atoms with Gasteiger partial charge in [-0.3, -0.25) is 9.59 Å². The third-order valence-electron chi connectivity index (χ3n) is 3.94. The van der Waals surface area contributed by atoms with E-state index in [1.54, 1.807) is 0 Å². The Labute approximate surface area is 121 Å². The van der Waals surface area contributed by atoms with E-state index in [4.69, 9.17) is 5.11 Å². The van der Waals surface area contributed by atoms with E-state index in [1.807, 2.05) is 6.92 Å². The van der Waals surface area contributed by atoms with Gasteiger partial charge in [0, 0.05) is 13.0 Å². The first-order valence-electron chi connectivity index (χ1n) is 7.58. The average molecular weight is 284 g/mol. The van der Waals surface area contributed by atoms with Gasteiger partial charge in [0.25, 0.3) is 0 Å². The van der Waals surface area contributed by atoms with Crippen LogP contribution in [0.1, 0.15) is 52.9 Å². The summed E-state index contributed by atoms with van der Waals surface area (Å²) in [5.74, 6) is -0.369. The summed E-state index contributed by atoms with van der Waals surface area (Å²) in [5, 5.41) is 15.1. The first kappa shape index (κ1) is 17.0. The van der Waals surface area contributed by atoms with Crippen molar-refractivity contribution in [1.29, 1.82) is 0 Å². The molecule has 0 bridgehead atoms. The molecule has 0 saturated carbocycles. The molecule has 20 heavy (non-hydrogen) atoms. The van der Waals surface area contributed by atoms with Crippen LogP contribution in [0.15, 0.2) is 0 Å². The number of rotatable bonds is 7.